The summed E-state index contributed by atoms with van der Waals surface area (Å²) in [5.74, 6) is -0.286. The van der Waals surface area contributed by atoms with Crippen LogP contribution in [0, 0.1) is 11.7 Å². The lowest BCUT2D eigenvalue weighted by Gasteiger charge is -2.10. The molecule has 1 aromatic heterocycles. The van der Waals surface area contributed by atoms with Crippen LogP contribution >= 0.6 is 23.8 Å². The molecule has 0 bridgehead atoms. The van der Waals surface area contributed by atoms with Gasteiger partial charge in [0.05, 0.1) is 10.9 Å². The Morgan fingerprint density at radius 2 is 2.04 bits per heavy atom. The second-order valence-corrected chi connectivity index (χ2v) is 6.48. The maximum absolute atomic E-state index is 12.5. The molecule has 3 aromatic rings. The van der Waals surface area contributed by atoms with Crippen molar-refractivity contribution in [1.82, 2.24) is 9.55 Å². The molecule has 0 aliphatic rings. The number of nitrogens with zero attached hydrogens (tertiary/aromatic N) is 1. The van der Waals surface area contributed by atoms with Crippen LogP contribution in [0.4, 0.5) is 5.69 Å². The van der Waals surface area contributed by atoms with Crippen LogP contribution in [-0.4, -0.2) is 15.5 Å². The molecule has 2 N–H and O–H groups in total. The Balaban J connectivity index is 2.02. The smallest absolute Gasteiger partial charge is 0.262 e. The summed E-state index contributed by atoms with van der Waals surface area (Å²) in [6.07, 6.45) is 0. The van der Waals surface area contributed by atoms with Gasteiger partial charge in [0.1, 0.15) is 0 Å². The predicted molar refractivity (Wildman–Crippen MR) is 103 cm³/mol. The van der Waals surface area contributed by atoms with Crippen molar-refractivity contribution in [3.05, 3.63) is 67.7 Å². The SMILES string of the molecule is CCn1c(=S)[nH]c2cc(C(=O)Nc3cc(Cl)ccc3C)ccc2c1=O. The Morgan fingerprint density at radius 3 is 2.76 bits per heavy atom. The number of hydrogen-bond donors (Lipinski definition) is 2. The van der Waals surface area contributed by atoms with E-state index in [1.807, 2.05) is 19.9 Å². The van der Waals surface area contributed by atoms with Crippen LogP contribution in [0.3, 0.4) is 0 Å². The minimum absolute atomic E-state index is 0.168. The van der Waals surface area contributed by atoms with Gasteiger partial charge in [0.2, 0.25) is 0 Å². The fourth-order valence-electron chi connectivity index (χ4n) is 2.61. The van der Waals surface area contributed by atoms with Crippen molar-refractivity contribution in [2.24, 2.45) is 0 Å². The Morgan fingerprint density at radius 1 is 1.28 bits per heavy atom. The van der Waals surface area contributed by atoms with E-state index in [0.29, 0.717) is 38.5 Å². The third-order valence-electron chi connectivity index (χ3n) is 4.01. The van der Waals surface area contributed by atoms with Gasteiger partial charge in [0.15, 0.2) is 4.77 Å². The van der Waals surface area contributed by atoms with Gasteiger partial charge in [0.25, 0.3) is 11.5 Å². The van der Waals surface area contributed by atoms with Crippen LogP contribution in [-0.2, 0) is 6.54 Å². The van der Waals surface area contributed by atoms with Crippen molar-refractivity contribution in [2.45, 2.75) is 20.4 Å². The second-order valence-electron chi connectivity index (χ2n) is 5.65. The van der Waals surface area contributed by atoms with Gasteiger partial charge in [0, 0.05) is 22.8 Å². The number of anilines is 1. The van der Waals surface area contributed by atoms with Crippen LogP contribution in [0.15, 0.2) is 41.2 Å². The molecule has 0 spiro atoms. The number of aromatic nitrogens is 2. The van der Waals surface area contributed by atoms with Crippen molar-refractivity contribution in [2.75, 3.05) is 5.32 Å². The van der Waals surface area contributed by atoms with Crippen LogP contribution in [0.5, 0.6) is 0 Å². The fourth-order valence-corrected chi connectivity index (χ4v) is 3.10. The normalized spacial score (nSPS) is 10.8. The number of H-pyrrole nitrogens is 1. The zero-order chi connectivity index (χ0) is 18.1. The van der Waals surface area contributed by atoms with Crippen molar-refractivity contribution < 1.29 is 4.79 Å². The summed E-state index contributed by atoms with van der Waals surface area (Å²) < 4.78 is 1.82. The summed E-state index contributed by atoms with van der Waals surface area (Å²) in [5, 5.41) is 3.87. The predicted octanol–water partition coefficient (Wildman–Crippen LogP) is 4.29. The van der Waals surface area contributed by atoms with Gasteiger partial charge in [-0.1, -0.05) is 17.7 Å². The van der Waals surface area contributed by atoms with E-state index < -0.39 is 0 Å². The van der Waals surface area contributed by atoms with E-state index in [2.05, 4.69) is 10.3 Å². The first-order chi connectivity index (χ1) is 11.9. The maximum atomic E-state index is 12.5. The molecule has 0 fully saturated rings. The molecule has 0 aliphatic heterocycles. The summed E-state index contributed by atoms with van der Waals surface area (Å²) in [5.41, 5.74) is 2.34. The van der Waals surface area contributed by atoms with E-state index in [-0.39, 0.29) is 11.5 Å². The third-order valence-corrected chi connectivity index (χ3v) is 4.57. The van der Waals surface area contributed by atoms with E-state index in [9.17, 15) is 9.59 Å². The standard InChI is InChI=1S/C18H16ClN3O2S/c1-3-22-17(24)13-7-5-11(8-15(13)21-18(22)25)16(23)20-14-9-12(19)6-4-10(14)2/h4-9H,3H2,1-2H3,(H,20,23)(H,21,25). The second kappa shape index (κ2) is 6.82. The number of hydrogen-bond acceptors (Lipinski definition) is 3. The first kappa shape index (κ1) is 17.4. The summed E-state index contributed by atoms with van der Waals surface area (Å²) in [6.45, 7) is 4.23. The minimum Gasteiger partial charge on any atom is -0.332 e. The lowest BCUT2D eigenvalue weighted by atomic mass is 10.1. The number of aromatic amines is 1. The molecule has 1 amide bonds. The fraction of sp³-hybridized carbons (Fsp3) is 0.167. The van der Waals surface area contributed by atoms with E-state index in [4.69, 9.17) is 23.8 Å². The van der Waals surface area contributed by atoms with E-state index >= 15 is 0 Å². The molecule has 7 heteroatoms. The van der Waals surface area contributed by atoms with Gasteiger partial charge < -0.3 is 10.3 Å². The van der Waals surface area contributed by atoms with Crippen LogP contribution < -0.4 is 10.9 Å². The Labute approximate surface area is 154 Å². The molecule has 128 valence electrons. The Bertz CT molecular complexity index is 1100. The number of carbonyl (C=O) groups is 1. The molecule has 0 saturated carbocycles. The first-order valence-electron chi connectivity index (χ1n) is 7.75. The lowest BCUT2D eigenvalue weighted by Crippen LogP contribution is -2.21. The summed E-state index contributed by atoms with van der Waals surface area (Å²) in [4.78, 5) is 27.9. The van der Waals surface area contributed by atoms with E-state index in [0.717, 1.165) is 5.56 Å². The van der Waals surface area contributed by atoms with Crippen molar-refractivity contribution in [3.8, 4) is 0 Å². The number of carbonyl (C=O) groups excluding carboxylic acids is 1. The summed E-state index contributed by atoms with van der Waals surface area (Å²) in [6, 6.07) is 10.2. The van der Waals surface area contributed by atoms with Gasteiger partial charge in [-0.25, -0.2) is 0 Å². The molecular formula is C18H16ClN3O2S. The molecule has 0 radical (unpaired) electrons. The minimum atomic E-state index is -0.286. The number of fused-ring (bicyclic) bond motifs is 1. The zero-order valence-electron chi connectivity index (χ0n) is 13.7. The largest absolute Gasteiger partial charge is 0.332 e. The van der Waals surface area contributed by atoms with Gasteiger partial charge in [-0.15, -0.1) is 0 Å². The molecule has 0 unspecified atom stereocenters. The average Bonchev–Trinajstić information content (AvgIpc) is 2.58. The Kier molecular flexibility index (Phi) is 4.74. The Hall–Kier alpha value is -2.44. The number of aryl methyl sites for hydroxylation is 1. The molecule has 0 atom stereocenters. The van der Waals surface area contributed by atoms with E-state index in [1.165, 1.54) is 4.57 Å². The first-order valence-corrected chi connectivity index (χ1v) is 8.53. The molecule has 0 aliphatic carbocycles. The van der Waals surface area contributed by atoms with Crippen molar-refractivity contribution >= 4 is 46.3 Å². The number of nitrogens with one attached hydrogen (secondary N) is 2. The third kappa shape index (κ3) is 3.36. The summed E-state index contributed by atoms with van der Waals surface area (Å²) in [7, 11) is 0. The van der Waals surface area contributed by atoms with Crippen molar-refractivity contribution in [3.63, 3.8) is 0 Å². The highest BCUT2D eigenvalue weighted by Crippen LogP contribution is 2.21. The number of halogens is 1. The monoisotopic (exact) mass is 373 g/mol. The molecule has 2 aromatic carbocycles. The van der Waals surface area contributed by atoms with Gasteiger partial charge in [-0.3, -0.25) is 14.2 Å². The quantitative estimate of drug-likeness (QED) is 0.673. The topological polar surface area (TPSA) is 66.9 Å². The summed E-state index contributed by atoms with van der Waals surface area (Å²) >= 11 is 11.2. The molecule has 1 heterocycles. The number of rotatable bonds is 3. The van der Waals surface area contributed by atoms with Gasteiger partial charge in [-0.05, 0) is 62.0 Å². The molecule has 25 heavy (non-hydrogen) atoms. The average molecular weight is 374 g/mol. The number of benzene rings is 2. The maximum Gasteiger partial charge on any atom is 0.262 e. The van der Waals surface area contributed by atoms with Crippen LogP contribution in [0.1, 0.15) is 22.8 Å². The molecule has 3 rings (SSSR count). The highest BCUT2D eigenvalue weighted by atomic mass is 35.5. The van der Waals surface area contributed by atoms with Gasteiger partial charge >= 0.3 is 0 Å². The lowest BCUT2D eigenvalue weighted by molar-refractivity contribution is 0.102. The molecule has 5 nitrogen and oxygen atoms in total. The highest BCUT2D eigenvalue weighted by molar-refractivity contribution is 7.71. The molecule has 0 saturated heterocycles. The van der Waals surface area contributed by atoms with E-state index in [1.54, 1.807) is 30.3 Å². The molecular weight excluding hydrogens is 358 g/mol. The van der Waals surface area contributed by atoms with Gasteiger partial charge in [-0.2, -0.15) is 0 Å². The van der Waals surface area contributed by atoms with Crippen LogP contribution in [0.2, 0.25) is 5.02 Å². The highest BCUT2D eigenvalue weighted by Gasteiger charge is 2.11. The zero-order valence-corrected chi connectivity index (χ0v) is 15.3. The van der Waals surface area contributed by atoms with Crippen LogP contribution in [0.25, 0.3) is 10.9 Å². The van der Waals surface area contributed by atoms with Crippen molar-refractivity contribution in [1.29, 1.82) is 0 Å². The number of amides is 1.